The molecule has 0 unspecified atom stereocenters. The molecule has 1 aromatic carbocycles. The van der Waals surface area contributed by atoms with Gasteiger partial charge in [-0.05, 0) is 35.9 Å². The topological polar surface area (TPSA) is 46.2 Å². The monoisotopic (exact) mass is 251 g/mol. The van der Waals surface area contributed by atoms with Crippen LogP contribution in [-0.2, 0) is 0 Å². The average Bonchev–Trinajstić information content (AvgIpc) is 2.16. The second-order valence-electron chi connectivity index (χ2n) is 3.24. The lowest BCUT2D eigenvalue weighted by atomic mass is 10.1. The van der Waals surface area contributed by atoms with Gasteiger partial charge in [0.1, 0.15) is 0 Å². The van der Waals surface area contributed by atoms with Gasteiger partial charge in [0, 0.05) is 17.5 Å². The molecule has 0 amide bonds. The van der Waals surface area contributed by atoms with Crippen LogP contribution in [0.2, 0.25) is 0 Å². The van der Waals surface area contributed by atoms with Crippen molar-refractivity contribution in [2.24, 2.45) is 5.73 Å². The summed E-state index contributed by atoms with van der Waals surface area (Å²) in [5.41, 5.74) is 2.15. The van der Waals surface area contributed by atoms with E-state index < -0.39 is 5.51 Å². The van der Waals surface area contributed by atoms with Crippen molar-refractivity contribution in [2.75, 3.05) is 6.61 Å². The third-order valence-corrected chi connectivity index (χ3v) is 2.72. The molecule has 0 heterocycles. The lowest BCUT2D eigenvalue weighted by molar-refractivity contribution is -0.0328. The van der Waals surface area contributed by atoms with E-state index in [0.717, 1.165) is 5.56 Å². The van der Waals surface area contributed by atoms with Crippen LogP contribution >= 0.6 is 11.8 Å². The Morgan fingerprint density at radius 3 is 2.25 bits per heavy atom. The summed E-state index contributed by atoms with van der Waals surface area (Å²) in [7, 11) is 0. The fraction of sp³-hybridized carbons (Fsp3) is 0.400. The maximum Gasteiger partial charge on any atom is 0.446 e. The summed E-state index contributed by atoms with van der Waals surface area (Å²) in [4.78, 5) is 0.132. The van der Waals surface area contributed by atoms with Crippen LogP contribution < -0.4 is 5.73 Å². The van der Waals surface area contributed by atoms with E-state index >= 15 is 0 Å². The first-order valence-corrected chi connectivity index (χ1v) is 5.46. The van der Waals surface area contributed by atoms with Gasteiger partial charge in [-0.15, -0.1) is 0 Å². The second-order valence-corrected chi connectivity index (χ2v) is 4.37. The number of hydrogen-bond acceptors (Lipinski definition) is 3. The van der Waals surface area contributed by atoms with Crippen LogP contribution in [0.5, 0.6) is 0 Å². The van der Waals surface area contributed by atoms with Gasteiger partial charge >= 0.3 is 5.51 Å². The maximum absolute atomic E-state index is 12.0. The predicted molar refractivity (Wildman–Crippen MR) is 57.0 cm³/mol. The van der Waals surface area contributed by atoms with Gasteiger partial charge in [0.25, 0.3) is 0 Å². The van der Waals surface area contributed by atoms with Crippen LogP contribution in [0.3, 0.4) is 0 Å². The smallest absolute Gasteiger partial charge is 0.396 e. The Bertz CT molecular complexity index is 326. The minimum absolute atomic E-state index is 0.0414. The van der Waals surface area contributed by atoms with E-state index in [9.17, 15) is 13.2 Å². The number of alkyl halides is 3. The summed E-state index contributed by atoms with van der Waals surface area (Å²) in [6.45, 7) is -0.0414. The minimum Gasteiger partial charge on any atom is -0.396 e. The molecule has 0 aliphatic heterocycles. The molecule has 16 heavy (non-hydrogen) atoms. The van der Waals surface area contributed by atoms with E-state index in [1.807, 2.05) is 0 Å². The Labute approximate surface area is 95.6 Å². The Morgan fingerprint density at radius 2 is 1.81 bits per heavy atom. The zero-order chi connectivity index (χ0) is 12.2. The van der Waals surface area contributed by atoms with Gasteiger partial charge in [0.05, 0.1) is 0 Å². The van der Waals surface area contributed by atoms with Gasteiger partial charge < -0.3 is 10.8 Å². The quantitative estimate of drug-likeness (QED) is 0.809. The van der Waals surface area contributed by atoms with Gasteiger partial charge in [-0.1, -0.05) is 12.1 Å². The number of halogens is 3. The third-order valence-electron chi connectivity index (χ3n) is 1.98. The molecule has 0 spiro atoms. The molecule has 3 N–H and O–H groups in total. The minimum atomic E-state index is -4.27. The fourth-order valence-corrected chi connectivity index (χ4v) is 1.76. The van der Waals surface area contributed by atoms with Crippen LogP contribution in [0.1, 0.15) is 18.0 Å². The van der Waals surface area contributed by atoms with Crippen molar-refractivity contribution in [3.63, 3.8) is 0 Å². The first-order valence-electron chi connectivity index (χ1n) is 4.64. The zero-order valence-corrected chi connectivity index (χ0v) is 9.18. The van der Waals surface area contributed by atoms with Gasteiger partial charge in [0.2, 0.25) is 0 Å². The predicted octanol–water partition coefficient (Wildman–Crippen LogP) is 2.68. The van der Waals surface area contributed by atoms with Crippen LogP contribution in [0.15, 0.2) is 29.2 Å². The second kappa shape index (κ2) is 5.56. The molecule has 6 heteroatoms. The highest BCUT2D eigenvalue weighted by Crippen LogP contribution is 2.36. The molecule has 0 aromatic heterocycles. The molecule has 1 atom stereocenters. The summed E-state index contributed by atoms with van der Waals surface area (Å²) < 4.78 is 36.1. The molecule has 2 nitrogen and oxygen atoms in total. The van der Waals surface area contributed by atoms with Crippen molar-refractivity contribution in [3.05, 3.63) is 29.8 Å². The summed E-state index contributed by atoms with van der Waals surface area (Å²) in [5, 5.41) is 8.67. The van der Waals surface area contributed by atoms with E-state index in [0.29, 0.717) is 6.42 Å². The van der Waals surface area contributed by atoms with Crippen LogP contribution in [-0.4, -0.2) is 17.2 Å². The van der Waals surface area contributed by atoms with Crippen molar-refractivity contribution >= 4 is 11.8 Å². The van der Waals surface area contributed by atoms with E-state index in [1.54, 1.807) is 12.1 Å². The van der Waals surface area contributed by atoms with E-state index in [2.05, 4.69) is 0 Å². The van der Waals surface area contributed by atoms with Gasteiger partial charge in [-0.2, -0.15) is 13.2 Å². The maximum atomic E-state index is 12.0. The van der Waals surface area contributed by atoms with Gasteiger partial charge in [0.15, 0.2) is 0 Å². The lowest BCUT2D eigenvalue weighted by Gasteiger charge is -2.11. The van der Waals surface area contributed by atoms with E-state index in [4.69, 9.17) is 10.8 Å². The molecule has 0 bridgehead atoms. The SMILES string of the molecule is N[C@@H](CCO)c1ccc(SC(F)(F)F)cc1. The fourth-order valence-electron chi connectivity index (χ4n) is 1.22. The third kappa shape index (κ3) is 4.42. The molecule has 0 saturated heterocycles. The molecule has 0 saturated carbocycles. The molecule has 0 aliphatic rings. The Hall–Kier alpha value is -0.720. The Morgan fingerprint density at radius 1 is 1.25 bits per heavy atom. The van der Waals surface area contributed by atoms with Crippen molar-refractivity contribution < 1.29 is 18.3 Å². The highest BCUT2D eigenvalue weighted by atomic mass is 32.2. The van der Waals surface area contributed by atoms with Crippen LogP contribution in [0.25, 0.3) is 0 Å². The summed E-state index contributed by atoms with van der Waals surface area (Å²) in [6, 6.07) is 5.52. The van der Waals surface area contributed by atoms with Crippen LogP contribution in [0, 0.1) is 0 Å². The molecule has 0 fully saturated rings. The summed E-state index contributed by atoms with van der Waals surface area (Å²) in [5.74, 6) is 0. The number of benzene rings is 1. The average molecular weight is 251 g/mol. The van der Waals surface area contributed by atoms with Crippen molar-refractivity contribution in [2.45, 2.75) is 22.9 Å². The number of rotatable bonds is 4. The Balaban J connectivity index is 2.68. The van der Waals surface area contributed by atoms with E-state index in [-0.39, 0.29) is 29.3 Å². The molecular formula is C10H12F3NOS. The zero-order valence-electron chi connectivity index (χ0n) is 8.37. The van der Waals surface area contributed by atoms with Crippen LogP contribution in [0.4, 0.5) is 13.2 Å². The lowest BCUT2D eigenvalue weighted by Crippen LogP contribution is -2.11. The van der Waals surface area contributed by atoms with Gasteiger partial charge in [-0.3, -0.25) is 0 Å². The van der Waals surface area contributed by atoms with Crippen molar-refractivity contribution in [3.8, 4) is 0 Å². The van der Waals surface area contributed by atoms with E-state index in [1.165, 1.54) is 12.1 Å². The summed E-state index contributed by atoms with van der Waals surface area (Å²) in [6.07, 6.45) is 0.395. The Kier molecular flexibility index (Phi) is 4.64. The normalized spacial score (nSPS) is 13.8. The first kappa shape index (κ1) is 13.3. The molecule has 1 rings (SSSR count). The van der Waals surface area contributed by atoms with Crippen molar-refractivity contribution in [1.29, 1.82) is 0 Å². The molecule has 0 radical (unpaired) electrons. The number of nitrogens with two attached hydrogens (primary N) is 1. The highest BCUT2D eigenvalue weighted by molar-refractivity contribution is 8.00. The molecular weight excluding hydrogens is 239 g/mol. The molecule has 90 valence electrons. The molecule has 1 aromatic rings. The van der Waals surface area contributed by atoms with Crippen molar-refractivity contribution in [1.82, 2.24) is 0 Å². The van der Waals surface area contributed by atoms with Gasteiger partial charge in [-0.25, -0.2) is 0 Å². The number of thioether (sulfide) groups is 1. The number of hydrogen-bond donors (Lipinski definition) is 2. The number of aliphatic hydroxyl groups is 1. The summed E-state index contributed by atoms with van der Waals surface area (Å²) >= 11 is -0.156. The molecule has 0 aliphatic carbocycles. The number of aliphatic hydroxyl groups excluding tert-OH is 1. The standard InChI is InChI=1S/C10H12F3NOS/c11-10(12,13)16-8-3-1-7(2-4-8)9(14)5-6-15/h1-4,9,15H,5-6,14H2/t9-/m0/s1. The largest absolute Gasteiger partial charge is 0.446 e. The first-order chi connectivity index (χ1) is 7.42. The highest BCUT2D eigenvalue weighted by Gasteiger charge is 2.29.